The fourth-order valence-electron chi connectivity index (χ4n) is 2.98. The Morgan fingerprint density at radius 1 is 1.10 bits per heavy atom. The molecule has 0 aliphatic rings. The second kappa shape index (κ2) is 7.61. The van der Waals surface area contributed by atoms with E-state index < -0.39 is 41.4 Å². The van der Waals surface area contributed by atoms with Gasteiger partial charge in [-0.3, -0.25) is 9.59 Å². The van der Waals surface area contributed by atoms with E-state index in [1.54, 1.807) is 0 Å². The zero-order valence-corrected chi connectivity index (χ0v) is 14.6. The molecule has 0 fully saturated rings. The van der Waals surface area contributed by atoms with Gasteiger partial charge in [-0.05, 0) is 36.2 Å². The largest absolute Gasteiger partial charge is 0.480 e. The highest BCUT2D eigenvalue weighted by atomic mass is 19.4. The Bertz CT molecular complexity index is 1160. The van der Waals surface area contributed by atoms with Crippen molar-refractivity contribution in [3.63, 3.8) is 0 Å². The van der Waals surface area contributed by atoms with Crippen molar-refractivity contribution in [1.29, 1.82) is 0 Å². The monoisotopic (exact) mass is 412 g/mol. The van der Waals surface area contributed by atoms with Crippen LogP contribution in [0.25, 0.3) is 10.9 Å². The van der Waals surface area contributed by atoms with Gasteiger partial charge in [0.05, 0.1) is 16.5 Å². The molecule has 0 atom stereocenters. The number of aryl methyl sites for hydroxylation is 2. The van der Waals surface area contributed by atoms with Gasteiger partial charge in [-0.2, -0.15) is 18.2 Å². The average Bonchev–Trinajstić information content (AvgIpc) is 2.64. The minimum absolute atomic E-state index is 0.0368. The summed E-state index contributed by atoms with van der Waals surface area (Å²) >= 11 is 0. The lowest BCUT2D eigenvalue weighted by molar-refractivity contribution is -0.138. The van der Waals surface area contributed by atoms with Crippen molar-refractivity contribution < 1.29 is 31.9 Å². The molecule has 1 heterocycles. The normalized spacial score (nSPS) is 11.8. The number of aromatic nitrogens is 2. The Labute approximate surface area is 160 Å². The molecule has 0 spiro atoms. The Morgan fingerprint density at radius 3 is 2.48 bits per heavy atom. The number of rotatable bonds is 5. The first-order chi connectivity index (χ1) is 13.6. The second-order valence-corrected chi connectivity index (χ2v) is 6.26. The highest BCUT2D eigenvalue weighted by Gasteiger charge is 2.31. The van der Waals surface area contributed by atoms with E-state index in [0.717, 1.165) is 16.7 Å². The SMILES string of the molecule is O=C(O)Cn1c(CCc2cccc(F)c2F)nc(=O)c2ccc(C(F)(F)F)cc21. The molecule has 0 saturated heterocycles. The van der Waals surface area contributed by atoms with Crippen LogP contribution in [-0.2, 0) is 30.4 Å². The van der Waals surface area contributed by atoms with E-state index in [4.69, 9.17) is 5.11 Å². The summed E-state index contributed by atoms with van der Waals surface area (Å²) in [6, 6.07) is 5.82. The van der Waals surface area contributed by atoms with Gasteiger partial charge in [0, 0.05) is 6.42 Å². The molecule has 1 N–H and O–H groups in total. The van der Waals surface area contributed by atoms with Crippen LogP contribution in [0.5, 0.6) is 0 Å². The number of benzene rings is 2. The molecule has 10 heteroatoms. The van der Waals surface area contributed by atoms with Gasteiger partial charge in [0.25, 0.3) is 5.56 Å². The Morgan fingerprint density at radius 2 is 1.83 bits per heavy atom. The number of hydrogen-bond donors (Lipinski definition) is 1. The second-order valence-electron chi connectivity index (χ2n) is 6.26. The summed E-state index contributed by atoms with van der Waals surface area (Å²) in [4.78, 5) is 27.2. The van der Waals surface area contributed by atoms with E-state index in [1.165, 1.54) is 12.1 Å². The molecule has 3 aromatic rings. The third-order valence-corrected chi connectivity index (χ3v) is 4.33. The van der Waals surface area contributed by atoms with Gasteiger partial charge >= 0.3 is 12.1 Å². The van der Waals surface area contributed by atoms with Crippen LogP contribution in [0.15, 0.2) is 41.2 Å². The maximum atomic E-state index is 13.8. The van der Waals surface area contributed by atoms with E-state index in [9.17, 15) is 31.5 Å². The number of carboxylic acids is 1. The number of carboxylic acid groups (broad SMARTS) is 1. The fourth-order valence-corrected chi connectivity index (χ4v) is 2.98. The number of carbonyl (C=O) groups is 1. The van der Waals surface area contributed by atoms with Crippen LogP contribution in [0.4, 0.5) is 22.0 Å². The van der Waals surface area contributed by atoms with Crippen molar-refractivity contribution in [1.82, 2.24) is 9.55 Å². The fraction of sp³-hybridized carbons (Fsp3) is 0.211. The van der Waals surface area contributed by atoms with Crippen LogP contribution < -0.4 is 5.56 Å². The molecule has 0 aliphatic carbocycles. The van der Waals surface area contributed by atoms with Crippen molar-refractivity contribution in [3.8, 4) is 0 Å². The number of fused-ring (bicyclic) bond motifs is 1. The van der Waals surface area contributed by atoms with E-state index in [0.29, 0.717) is 12.1 Å². The Kier molecular flexibility index (Phi) is 5.36. The highest BCUT2D eigenvalue weighted by molar-refractivity contribution is 5.81. The molecule has 0 radical (unpaired) electrons. The number of halogens is 5. The molecule has 0 bridgehead atoms. The number of nitrogens with zero attached hydrogens (tertiary/aromatic N) is 2. The Hall–Kier alpha value is -3.30. The minimum atomic E-state index is -4.70. The van der Waals surface area contributed by atoms with Crippen molar-refractivity contribution in [2.24, 2.45) is 0 Å². The third-order valence-electron chi connectivity index (χ3n) is 4.33. The molecule has 29 heavy (non-hydrogen) atoms. The van der Waals surface area contributed by atoms with Gasteiger partial charge < -0.3 is 9.67 Å². The standard InChI is InChI=1S/C19H13F5N2O3/c20-13-3-1-2-10(17(13)21)4-7-15-25-18(29)12-6-5-11(19(22,23)24)8-14(12)26(15)9-16(27)28/h1-3,5-6,8H,4,7,9H2,(H,27,28). The first-order valence-corrected chi connectivity index (χ1v) is 8.33. The summed E-state index contributed by atoms with van der Waals surface area (Å²) in [5, 5.41) is 8.98. The van der Waals surface area contributed by atoms with E-state index >= 15 is 0 Å². The quantitative estimate of drug-likeness (QED) is 0.651. The maximum Gasteiger partial charge on any atom is 0.416 e. The lowest BCUT2D eigenvalue weighted by Gasteiger charge is -2.16. The lowest BCUT2D eigenvalue weighted by Crippen LogP contribution is -2.23. The van der Waals surface area contributed by atoms with Crippen molar-refractivity contribution in [3.05, 3.63) is 75.3 Å². The van der Waals surface area contributed by atoms with Crippen molar-refractivity contribution in [2.45, 2.75) is 25.6 Å². The Balaban J connectivity index is 2.13. The zero-order valence-electron chi connectivity index (χ0n) is 14.6. The van der Waals surface area contributed by atoms with Gasteiger partial charge in [0.15, 0.2) is 11.6 Å². The summed E-state index contributed by atoms with van der Waals surface area (Å²) in [5.74, 6) is -3.69. The molecule has 0 amide bonds. The van der Waals surface area contributed by atoms with E-state index in [1.807, 2.05) is 0 Å². The van der Waals surface area contributed by atoms with E-state index in [2.05, 4.69) is 4.98 Å². The van der Waals surface area contributed by atoms with Crippen molar-refractivity contribution in [2.75, 3.05) is 0 Å². The topological polar surface area (TPSA) is 72.2 Å². The molecular weight excluding hydrogens is 399 g/mol. The first kappa shape index (κ1) is 20.4. The predicted molar refractivity (Wildman–Crippen MR) is 92.4 cm³/mol. The minimum Gasteiger partial charge on any atom is -0.480 e. The van der Waals surface area contributed by atoms with Gasteiger partial charge in [0.1, 0.15) is 12.4 Å². The van der Waals surface area contributed by atoms with Crippen LogP contribution in [-0.4, -0.2) is 20.6 Å². The van der Waals surface area contributed by atoms with Crippen LogP contribution in [0.1, 0.15) is 17.0 Å². The van der Waals surface area contributed by atoms with Crippen LogP contribution in [0, 0.1) is 11.6 Å². The van der Waals surface area contributed by atoms with Gasteiger partial charge in [-0.15, -0.1) is 0 Å². The van der Waals surface area contributed by atoms with Gasteiger partial charge in [-0.1, -0.05) is 12.1 Å². The summed E-state index contributed by atoms with van der Waals surface area (Å²) in [5.41, 5.74) is -2.19. The summed E-state index contributed by atoms with van der Waals surface area (Å²) in [6.45, 7) is -0.758. The maximum absolute atomic E-state index is 13.8. The lowest BCUT2D eigenvalue weighted by atomic mass is 10.1. The van der Waals surface area contributed by atoms with Crippen LogP contribution >= 0.6 is 0 Å². The molecule has 0 saturated carbocycles. The molecule has 0 aliphatic heterocycles. The number of hydrogen-bond acceptors (Lipinski definition) is 3. The average molecular weight is 412 g/mol. The molecule has 152 valence electrons. The highest BCUT2D eigenvalue weighted by Crippen LogP contribution is 2.31. The summed E-state index contributed by atoms with van der Waals surface area (Å²) in [6.07, 6.45) is -5.03. The summed E-state index contributed by atoms with van der Waals surface area (Å²) in [7, 11) is 0. The van der Waals surface area contributed by atoms with Crippen LogP contribution in [0.3, 0.4) is 0 Å². The van der Waals surface area contributed by atoms with Gasteiger partial charge in [-0.25, -0.2) is 8.78 Å². The zero-order chi connectivity index (χ0) is 21.3. The first-order valence-electron chi connectivity index (χ1n) is 8.33. The third kappa shape index (κ3) is 4.25. The molecule has 0 unspecified atom stereocenters. The summed E-state index contributed by atoms with van der Waals surface area (Å²) < 4.78 is 67.4. The predicted octanol–water partition coefficient (Wildman–Crippen LogP) is 3.56. The molecule has 1 aromatic heterocycles. The van der Waals surface area contributed by atoms with E-state index in [-0.39, 0.29) is 35.1 Å². The van der Waals surface area contributed by atoms with Crippen molar-refractivity contribution >= 4 is 16.9 Å². The van der Waals surface area contributed by atoms with Gasteiger partial charge in [0.2, 0.25) is 0 Å². The molecule has 5 nitrogen and oxygen atoms in total. The van der Waals surface area contributed by atoms with Crippen LogP contribution in [0.2, 0.25) is 0 Å². The number of alkyl halides is 3. The molecule has 3 rings (SSSR count). The molecule has 2 aromatic carbocycles. The smallest absolute Gasteiger partial charge is 0.416 e. The molecular formula is C19H13F5N2O3. The number of aliphatic carboxylic acids is 1.